The maximum atomic E-state index is 12.7. The van der Waals surface area contributed by atoms with Crippen molar-refractivity contribution in [3.05, 3.63) is 21.5 Å². The molecule has 0 amide bonds. The van der Waals surface area contributed by atoms with Gasteiger partial charge in [0, 0.05) is 12.1 Å². The highest BCUT2D eigenvalue weighted by Crippen LogP contribution is 2.27. The molecule has 0 aliphatic heterocycles. The van der Waals surface area contributed by atoms with Crippen LogP contribution in [0.5, 0.6) is 11.5 Å². The Hall–Kier alpha value is -0.520. The van der Waals surface area contributed by atoms with Crippen LogP contribution in [0.4, 0.5) is 4.39 Å². The Morgan fingerprint density at radius 2 is 2.18 bits per heavy atom. The van der Waals surface area contributed by atoms with Crippen LogP contribution in [0.1, 0.15) is 0 Å². The molecular weight excluding hydrogens is 262 g/mol. The van der Waals surface area contributed by atoms with E-state index in [4.69, 9.17) is 5.11 Å². The summed E-state index contributed by atoms with van der Waals surface area (Å²) in [5.74, 6) is -0.471. The van der Waals surface area contributed by atoms with Crippen LogP contribution in [0.15, 0.2) is 12.1 Å². The molecular formula is C7H6FIO2. The summed E-state index contributed by atoms with van der Waals surface area (Å²) in [5.41, 5.74) is 0. The van der Waals surface area contributed by atoms with E-state index < -0.39 is 5.82 Å². The van der Waals surface area contributed by atoms with Crippen molar-refractivity contribution in [1.82, 2.24) is 0 Å². The van der Waals surface area contributed by atoms with E-state index in [0.29, 0.717) is 3.57 Å². The van der Waals surface area contributed by atoms with Crippen molar-refractivity contribution < 1.29 is 14.2 Å². The number of methoxy groups -OCH3 is 1. The van der Waals surface area contributed by atoms with Gasteiger partial charge >= 0.3 is 0 Å². The van der Waals surface area contributed by atoms with Crippen LogP contribution >= 0.6 is 22.6 Å². The molecule has 0 atom stereocenters. The highest BCUT2D eigenvalue weighted by atomic mass is 127. The third kappa shape index (κ3) is 1.74. The average molecular weight is 268 g/mol. The molecule has 0 heterocycles. The topological polar surface area (TPSA) is 29.5 Å². The number of phenols is 1. The van der Waals surface area contributed by atoms with Gasteiger partial charge in [0.25, 0.3) is 0 Å². The SMILES string of the molecule is COc1cc(I)c(O)cc1F. The molecule has 0 unspecified atom stereocenters. The molecule has 1 rings (SSSR count). The second-order valence-electron chi connectivity index (χ2n) is 1.94. The molecule has 11 heavy (non-hydrogen) atoms. The lowest BCUT2D eigenvalue weighted by atomic mass is 10.3. The van der Waals surface area contributed by atoms with E-state index in [0.717, 1.165) is 6.07 Å². The van der Waals surface area contributed by atoms with Gasteiger partial charge in [-0.3, -0.25) is 0 Å². The molecule has 1 N–H and O–H groups in total. The number of rotatable bonds is 1. The largest absolute Gasteiger partial charge is 0.507 e. The quantitative estimate of drug-likeness (QED) is 0.791. The number of ether oxygens (including phenoxy) is 1. The standard InChI is InChI=1S/C7H6FIO2/c1-11-7-3-5(9)6(10)2-4(7)8/h2-3,10H,1H3. The van der Waals surface area contributed by atoms with Crippen LogP contribution < -0.4 is 4.74 Å². The number of hydrogen-bond acceptors (Lipinski definition) is 2. The molecule has 0 aliphatic rings. The predicted octanol–water partition coefficient (Wildman–Crippen LogP) is 2.14. The fourth-order valence-electron chi connectivity index (χ4n) is 0.675. The Labute approximate surface area is 77.1 Å². The summed E-state index contributed by atoms with van der Waals surface area (Å²) < 4.78 is 18.0. The van der Waals surface area contributed by atoms with E-state index in [1.54, 1.807) is 0 Å². The summed E-state index contributed by atoms with van der Waals surface area (Å²) in [5, 5.41) is 9.02. The van der Waals surface area contributed by atoms with Crippen molar-refractivity contribution in [2.24, 2.45) is 0 Å². The molecule has 4 heteroatoms. The lowest BCUT2D eigenvalue weighted by Crippen LogP contribution is -1.88. The Morgan fingerprint density at radius 3 is 2.73 bits per heavy atom. The molecule has 0 saturated heterocycles. The Kier molecular flexibility index (Phi) is 2.53. The Morgan fingerprint density at radius 1 is 1.55 bits per heavy atom. The first-order valence-corrected chi connectivity index (χ1v) is 3.95. The van der Waals surface area contributed by atoms with Gasteiger partial charge in [-0.1, -0.05) is 0 Å². The van der Waals surface area contributed by atoms with Crippen LogP contribution in [0.25, 0.3) is 0 Å². The minimum absolute atomic E-state index is 0.0658. The van der Waals surface area contributed by atoms with Gasteiger partial charge in [-0.15, -0.1) is 0 Å². The molecule has 0 radical (unpaired) electrons. The van der Waals surface area contributed by atoms with E-state index in [1.807, 2.05) is 22.6 Å². The highest BCUT2D eigenvalue weighted by molar-refractivity contribution is 14.1. The number of phenolic OH excluding ortho intramolecular Hbond substituents is 1. The summed E-state index contributed by atoms with van der Waals surface area (Å²) >= 11 is 1.89. The van der Waals surface area contributed by atoms with Crippen molar-refractivity contribution in [3.8, 4) is 11.5 Å². The zero-order chi connectivity index (χ0) is 8.43. The van der Waals surface area contributed by atoms with Crippen LogP contribution in [-0.2, 0) is 0 Å². The average Bonchev–Trinajstić information content (AvgIpc) is 1.97. The predicted molar refractivity (Wildman–Crippen MR) is 47.3 cm³/mol. The van der Waals surface area contributed by atoms with Crippen LogP contribution in [0, 0.1) is 9.39 Å². The van der Waals surface area contributed by atoms with E-state index in [2.05, 4.69) is 4.74 Å². The molecule has 60 valence electrons. The normalized spacial score (nSPS) is 9.73. The summed E-state index contributed by atoms with van der Waals surface area (Å²) in [6, 6.07) is 2.46. The van der Waals surface area contributed by atoms with Gasteiger partial charge in [0.2, 0.25) is 0 Å². The van der Waals surface area contributed by atoms with Crippen LogP contribution in [-0.4, -0.2) is 12.2 Å². The third-order valence-electron chi connectivity index (χ3n) is 1.22. The van der Waals surface area contributed by atoms with E-state index in [-0.39, 0.29) is 11.5 Å². The van der Waals surface area contributed by atoms with Crippen molar-refractivity contribution in [2.45, 2.75) is 0 Å². The molecule has 1 aromatic rings. The smallest absolute Gasteiger partial charge is 0.168 e. The van der Waals surface area contributed by atoms with E-state index >= 15 is 0 Å². The summed E-state index contributed by atoms with van der Waals surface area (Å²) in [6.07, 6.45) is 0. The van der Waals surface area contributed by atoms with Crippen molar-refractivity contribution >= 4 is 22.6 Å². The van der Waals surface area contributed by atoms with E-state index in [1.165, 1.54) is 13.2 Å². The maximum Gasteiger partial charge on any atom is 0.168 e. The van der Waals surface area contributed by atoms with Gasteiger partial charge in [0.1, 0.15) is 5.75 Å². The van der Waals surface area contributed by atoms with Gasteiger partial charge in [0.15, 0.2) is 11.6 Å². The minimum atomic E-state index is -0.551. The fourth-order valence-corrected chi connectivity index (χ4v) is 1.11. The highest BCUT2D eigenvalue weighted by Gasteiger charge is 2.06. The Bertz CT molecular complexity index is 275. The number of benzene rings is 1. The molecule has 2 nitrogen and oxygen atoms in total. The first-order valence-electron chi connectivity index (χ1n) is 2.87. The summed E-state index contributed by atoms with van der Waals surface area (Å²) in [4.78, 5) is 0. The van der Waals surface area contributed by atoms with Crippen molar-refractivity contribution in [1.29, 1.82) is 0 Å². The molecule has 0 bridgehead atoms. The first-order chi connectivity index (χ1) is 5.15. The van der Waals surface area contributed by atoms with Crippen LogP contribution in [0.3, 0.4) is 0 Å². The molecule has 0 fully saturated rings. The second kappa shape index (κ2) is 3.25. The third-order valence-corrected chi connectivity index (χ3v) is 2.09. The number of hydrogen-bond donors (Lipinski definition) is 1. The second-order valence-corrected chi connectivity index (χ2v) is 3.10. The molecule has 0 saturated carbocycles. The molecule has 0 spiro atoms. The maximum absolute atomic E-state index is 12.7. The van der Waals surface area contributed by atoms with Gasteiger partial charge < -0.3 is 9.84 Å². The zero-order valence-corrected chi connectivity index (χ0v) is 7.92. The molecule has 0 aliphatic carbocycles. The zero-order valence-electron chi connectivity index (χ0n) is 5.77. The van der Waals surface area contributed by atoms with Crippen molar-refractivity contribution in [3.63, 3.8) is 0 Å². The van der Waals surface area contributed by atoms with Gasteiger partial charge in [-0.25, -0.2) is 4.39 Å². The first kappa shape index (κ1) is 8.58. The van der Waals surface area contributed by atoms with E-state index in [9.17, 15) is 4.39 Å². The summed E-state index contributed by atoms with van der Waals surface area (Å²) in [7, 11) is 1.38. The lowest BCUT2D eigenvalue weighted by Gasteiger charge is -2.02. The molecule has 1 aromatic carbocycles. The lowest BCUT2D eigenvalue weighted by molar-refractivity contribution is 0.381. The fraction of sp³-hybridized carbons (Fsp3) is 0.143. The summed E-state index contributed by atoms with van der Waals surface area (Å²) in [6.45, 7) is 0. The number of halogens is 2. The van der Waals surface area contributed by atoms with Gasteiger partial charge in [-0.05, 0) is 22.6 Å². The molecule has 0 aromatic heterocycles. The minimum Gasteiger partial charge on any atom is -0.507 e. The number of aromatic hydroxyl groups is 1. The van der Waals surface area contributed by atoms with Crippen molar-refractivity contribution in [2.75, 3.05) is 7.11 Å². The monoisotopic (exact) mass is 268 g/mol. The van der Waals surface area contributed by atoms with Gasteiger partial charge in [-0.2, -0.15) is 0 Å². The Balaban J connectivity index is 3.21. The van der Waals surface area contributed by atoms with Crippen LogP contribution in [0.2, 0.25) is 0 Å². The van der Waals surface area contributed by atoms with Gasteiger partial charge in [0.05, 0.1) is 10.7 Å².